The summed E-state index contributed by atoms with van der Waals surface area (Å²) < 4.78 is 0. The molecule has 2 atom stereocenters. The van der Waals surface area contributed by atoms with Crippen molar-refractivity contribution in [2.75, 3.05) is 0 Å². The Kier molecular flexibility index (Phi) is 6.61. The fourth-order valence-electron chi connectivity index (χ4n) is 2.83. The van der Waals surface area contributed by atoms with Gasteiger partial charge in [0.2, 0.25) is 5.91 Å². The summed E-state index contributed by atoms with van der Waals surface area (Å²) in [5.74, 6) is 4.34. The van der Waals surface area contributed by atoms with Gasteiger partial charge in [0.25, 0.3) is 5.91 Å². The molecule has 122 valence electrons. The normalized spacial score (nSPS) is 19.7. The summed E-state index contributed by atoms with van der Waals surface area (Å²) in [6, 6.07) is -0.622. The lowest BCUT2D eigenvalue weighted by molar-refractivity contribution is -0.134. The number of hydrogen-bond donors (Lipinski definition) is 4. The zero-order chi connectivity index (χ0) is 16.0. The Morgan fingerprint density at radius 1 is 1.24 bits per heavy atom. The van der Waals surface area contributed by atoms with Crippen molar-refractivity contribution in [3.05, 3.63) is 0 Å². The Morgan fingerprint density at radius 3 is 2.29 bits per heavy atom. The van der Waals surface area contributed by atoms with Crippen LogP contribution in [0.3, 0.4) is 0 Å². The van der Waals surface area contributed by atoms with Crippen molar-refractivity contribution >= 4 is 11.8 Å². The first-order valence-corrected chi connectivity index (χ1v) is 7.73. The molecule has 1 saturated carbocycles. The highest BCUT2D eigenvalue weighted by molar-refractivity contribution is 5.83. The lowest BCUT2D eigenvalue weighted by Gasteiger charge is -2.31. The first kappa shape index (κ1) is 17.9. The fourth-order valence-corrected chi connectivity index (χ4v) is 2.83. The minimum absolute atomic E-state index is 0.00523. The van der Waals surface area contributed by atoms with Crippen molar-refractivity contribution in [3.8, 4) is 0 Å². The highest BCUT2D eigenvalue weighted by atomic mass is 16.3. The van der Waals surface area contributed by atoms with Gasteiger partial charge in [-0.3, -0.25) is 15.0 Å². The topological polar surface area (TPSA) is 104 Å². The predicted octanol–water partition coefficient (Wildman–Crippen LogP) is 0.839. The second-order valence-electron chi connectivity index (χ2n) is 7.17. The van der Waals surface area contributed by atoms with E-state index in [0.29, 0.717) is 6.42 Å². The van der Waals surface area contributed by atoms with Gasteiger partial charge in [-0.1, -0.05) is 40.0 Å². The highest BCUT2D eigenvalue weighted by Gasteiger charge is 2.32. The van der Waals surface area contributed by atoms with E-state index in [2.05, 4.69) is 5.32 Å². The van der Waals surface area contributed by atoms with Crippen molar-refractivity contribution in [1.29, 1.82) is 0 Å². The molecule has 2 unspecified atom stereocenters. The molecule has 1 rings (SSSR count). The van der Waals surface area contributed by atoms with Gasteiger partial charge in [0.05, 0.1) is 6.04 Å². The van der Waals surface area contributed by atoms with Crippen LogP contribution in [0.5, 0.6) is 0 Å². The molecule has 0 aromatic heterocycles. The molecule has 1 fully saturated rings. The van der Waals surface area contributed by atoms with Crippen molar-refractivity contribution in [1.82, 2.24) is 10.7 Å². The number of aliphatic hydroxyl groups excluding tert-OH is 1. The van der Waals surface area contributed by atoms with Crippen LogP contribution in [0.2, 0.25) is 0 Å². The van der Waals surface area contributed by atoms with Gasteiger partial charge in [0, 0.05) is 5.92 Å². The van der Waals surface area contributed by atoms with E-state index in [1.165, 1.54) is 6.42 Å². The number of nitrogens with one attached hydrogen (secondary N) is 2. The van der Waals surface area contributed by atoms with Crippen LogP contribution in [-0.2, 0) is 9.59 Å². The smallest absolute Gasteiger partial charge is 0.264 e. The molecule has 1 aliphatic rings. The summed E-state index contributed by atoms with van der Waals surface area (Å²) in [7, 11) is 0. The average Bonchev–Trinajstić information content (AvgIpc) is 2.44. The SMILES string of the molecule is CC(C)(C)CC(NC(=O)C1CCCCC1)C(O)C(=O)NN. The van der Waals surface area contributed by atoms with E-state index in [9.17, 15) is 14.7 Å². The molecule has 0 aliphatic heterocycles. The molecule has 0 heterocycles. The van der Waals surface area contributed by atoms with E-state index in [1.807, 2.05) is 26.2 Å². The minimum atomic E-state index is -1.33. The first-order chi connectivity index (χ1) is 9.74. The van der Waals surface area contributed by atoms with E-state index in [0.717, 1.165) is 25.7 Å². The average molecular weight is 299 g/mol. The summed E-state index contributed by atoms with van der Waals surface area (Å²) in [5.41, 5.74) is 1.82. The van der Waals surface area contributed by atoms with Gasteiger partial charge < -0.3 is 10.4 Å². The second-order valence-corrected chi connectivity index (χ2v) is 7.17. The monoisotopic (exact) mass is 299 g/mol. The van der Waals surface area contributed by atoms with Gasteiger partial charge in [-0.05, 0) is 24.7 Å². The van der Waals surface area contributed by atoms with Crippen LogP contribution in [-0.4, -0.2) is 29.1 Å². The lowest BCUT2D eigenvalue weighted by atomic mass is 9.84. The van der Waals surface area contributed by atoms with Crippen molar-refractivity contribution in [2.24, 2.45) is 17.2 Å². The maximum atomic E-state index is 12.3. The minimum Gasteiger partial charge on any atom is -0.381 e. The van der Waals surface area contributed by atoms with Crippen LogP contribution in [0, 0.1) is 11.3 Å². The van der Waals surface area contributed by atoms with E-state index in [-0.39, 0.29) is 17.2 Å². The summed E-state index contributed by atoms with van der Waals surface area (Å²) in [5, 5.41) is 12.9. The van der Waals surface area contributed by atoms with E-state index in [4.69, 9.17) is 5.84 Å². The quantitative estimate of drug-likeness (QED) is 0.343. The third kappa shape index (κ3) is 6.01. The van der Waals surface area contributed by atoms with E-state index < -0.39 is 18.1 Å². The van der Waals surface area contributed by atoms with Gasteiger partial charge >= 0.3 is 0 Å². The Bertz CT molecular complexity index is 360. The van der Waals surface area contributed by atoms with Crippen LogP contribution < -0.4 is 16.6 Å². The number of nitrogens with two attached hydrogens (primary N) is 1. The van der Waals surface area contributed by atoms with Crippen LogP contribution in [0.4, 0.5) is 0 Å². The molecule has 21 heavy (non-hydrogen) atoms. The Hall–Kier alpha value is -1.14. The molecule has 0 spiro atoms. The number of rotatable bonds is 5. The van der Waals surface area contributed by atoms with E-state index in [1.54, 1.807) is 0 Å². The molecule has 6 heteroatoms. The lowest BCUT2D eigenvalue weighted by Crippen LogP contribution is -2.54. The summed E-state index contributed by atoms with van der Waals surface area (Å²) in [4.78, 5) is 23.9. The third-order valence-electron chi connectivity index (χ3n) is 3.93. The van der Waals surface area contributed by atoms with Gasteiger partial charge in [-0.15, -0.1) is 0 Å². The zero-order valence-electron chi connectivity index (χ0n) is 13.3. The van der Waals surface area contributed by atoms with Crippen LogP contribution >= 0.6 is 0 Å². The molecule has 2 amide bonds. The third-order valence-corrected chi connectivity index (χ3v) is 3.93. The number of carbonyl (C=O) groups excluding carboxylic acids is 2. The highest BCUT2D eigenvalue weighted by Crippen LogP contribution is 2.26. The molecule has 0 aromatic carbocycles. The van der Waals surface area contributed by atoms with Gasteiger partial charge in [0.1, 0.15) is 0 Å². The second kappa shape index (κ2) is 7.75. The molecule has 0 saturated heterocycles. The Labute approximate surface area is 126 Å². The number of hydrogen-bond acceptors (Lipinski definition) is 4. The van der Waals surface area contributed by atoms with Crippen molar-refractivity contribution in [3.63, 3.8) is 0 Å². The summed E-state index contributed by atoms with van der Waals surface area (Å²) in [6.07, 6.45) is 4.23. The molecular formula is C15H29N3O3. The Morgan fingerprint density at radius 2 is 1.81 bits per heavy atom. The van der Waals surface area contributed by atoms with Crippen molar-refractivity contribution < 1.29 is 14.7 Å². The maximum Gasteiger partial charge on any atom is 0.264 e. The van der Waals surface area contributed by atoms with Gasteiger partial charge in [-0.2, -0.15) is 0 Å². The number of carbonyl (C=O) groups is 2. The van der Waals surface area contributed by atoms with Crippen LogP contribution in [0.25, 0.3) is 0 Å². The van der Waals surface area contributed by atoms with Crippen LogP contribution in [0.1, 0.15) is 59.3 Å². The molecule has 0 bridgehead atoms. The molecule has 0 aromatic rings. The predicted molar refractivity (Wildman–Crippen MR) is 80.9 cm³/mol. The number of amides is 2. The maximum absolute atomic E-state index is 12.3. The standard InChI is InChI=1S/C15H29N3O3/c1-15(2,3)9-11(12(19)14(21)18-16)17-13(20)10-7-5-4-6-8-10/h10-12,19H,4-9,16H2,1-3H3,(H,17,20)(H,18,21). The first-order valence-electron chi connectivity index (χ1n) is 7.73. The largest absolute Gasteiger partial charge is 0.381 e. The molecule has 5 N–H and O–H groups in total. The number of aliphatic hydroxyl groups is 1. The van der Waals surface area contributed by atoms with Crippen LogP contribution in [0.15, 0.2) is 0 Å². The molecule has 0 radical (unpaired) electrons. The number of hydrazine groups is 1. The van der Waals surface area contributed by atoms with Crippen molar-refractivity contribution in [2.45, 2.75) is 71.4 Å². The van der Waals surface area contributed by atoms with E-state index >= 15 is 0 Å². The molecular weight excluding hydrogens is 270 g/mol. The summed E-state index contributed by atoms with van der Waals surface area (Å²) >= 11 is 0. The molecule has 1 aliphatic carbocycles. The fraction of sp³-hybridized carbons (Fsp3) is 0.867. The van der Waals surface area contributed by atoms with Gasteiger partial charge in [0.15, 0.2) is 6.10 Å². The Balaban J connectivity index is 2.71. The summed E-state index contributed by atoms with van der Waals surface area (Å²) in [6.45, 7) is 6.00. The molecule has 6 nitrogen and oxygen atoms in total. The zero-order valence-corrected chi connectivity index (χ0v) is 13.3. The van der Waals surface area contributed by atoms with Gasteiger partial charge in [-0.25, -0.2) is 5.84 Å².